The number of hydrogen-bond acceptors (Lipinski definition) is 2. The van der Waals surface area contributed by atoms with Crippen LogP contribution in [-0.2, 0) is 10.7 Å². The van der Waals surface area contributed by atoms with E-state index in [1.807, 2.05) is 0 Å². The first-order valence-corrected chi connectivity index (χ1v) is 9.42. The van der Waals surface area contributed by atoms with E-state index >= 15 is 0 Å². The first-order chi connectivity index (χ1) is 9.69. The lowest BCUT2D eigenvalue weighted by Gasteiger charge is -2.21. The molecule has 2 nitrogen and oxygen atoms in total. The van der Waals surface area contributed by atoms with Crippen LogP contribution in [0.3, 0.4) is 0 Å². The third-order valence-corrected chi connectivity index (χ3v) is 4.59. The van der Waals surface area contributed by atoms with Crippen LogP contribution in [0.5, 0.6) is 11.5 Å². The molecule has 1 aromatic rings. The largest absolute Gasteiger partial charge is 0.496 e. The van der Waals surface area contributed by atoms with Crippen molar-refractivity contribution < 1.29 is 9.47 Å². The average molecular weight is 408 g/mol. The van der Waals surface area contributed by atoms with E-state index in [1.165, 1.54) is 12.8 Å². The van der Waals surface area contributed by atoms with Gasteiger partial charge in [0.25, 0.3) is 0 Å². The Labute approximate surface area is 139 Å². The van der Waals surface area contributed by atoms with Crippen LogP contribution in [0.1, 0.15) is 50.7 Å². The summed E-state index contributed by atoms with van der Waals surface area (Å²) in [5.41, 5.74) is 2.26. The molecule has 1 unspecified atom stereocenters. The van der Waals surface area contributed by atoms with Gasteiger partial charge in [-0.3, -0.25) is 0 Å². The molecule has 0 aliphatic heterocycles. The molecule has 0 spiro atoms. The Morgan fingerprint density at radius 1 is 1.05 bits per heavy atom. The Bertz CT molecular complexity index is 408. The fourth-order valence-corrected chi connectivity index (χ4v) is 2.99. The van der Waals surface area contributed by atoms with Crippen molar-refractivity contribution >= 4 is 31.9 Å². The van der Waals surface area contributed by atoms with Gasteiger partial charge < -0.3 is 9.47 Å². The SMILES string of the molecule is CCCCC(CC)Oc1cc(CBr)c(OC)cc1CBr. The van der Waals surface area contributed by atoms with E-state index in [2.05, 4.69) is 57.8 Å². The third-order valence-electron chi connectivity index (χ3n) is 3.38. The fourth-order valence-electron chi connectivity index (χ4n) is 2.11. The number of rotatable bonds is 9. The van der Waals surface area contributed by atoms with Crippen molar-refractivity contribution in [1.82, 2.24) is 0 Å². The van der Waals surface area contributed by atoms with Crippen LogP contribution in [0.25, 0.3) is 0 Å². The van der Waals surface area contributed by atoms with Crippen molar-refractivity contribution in [1.29, 1.82) is 0 Å². The topological polar surface area (TPSA) is 18.5 Å². The molecule has 0 amide bonds. The number of hydrogen-bond donors (Lipinski definition) is 0. The van der Waals surface area contributed by atoms with Crippen molar-refractivity contribution in [2.75, 3.05) is 7.11 Å². The van der Waals surface area contributed by atoms with E-state index in [1.54, 1.807) is 7.11 Å². The first kappa shape index (κ1) is 17.8. The molecule has 0 bridgehead atoms. The minimum atomic E-state index is 0.296. The van der Waals surface area contributed by atoms with Crippen LogP contribution in [-0.4, -0.2) is 13.2 Å². The van der Waals surface area contributed by atoms with Gasteiger partial charge in [-0.15, -0.1) is 0 Å². The highest BCUT2D eigenvalue weighted by molar-refractivity contribution is 9.08. The van der Waals surface area contributed by atoms with E-state index in [0.29, 0.717) is 6.10 Å². The second-order valence-corrected chi connectivity index (χ2v) is 5.95. The summed E-state index contributed by atoms with van der Waals surface area (Å²) in [4.78, 5) is 0. The second kappa shape index (κ2) is 9.67. The highest BCUT2D eigenvalue weighted by atomic mass is 79.9. The predicted molar refractivity (Wildman–Crippen MR) is 92.5 cm³/mol. The summed E-state index contributed by atoms with van der Waals surface area (Å²) in [6, 6.07) is 4.16. The van der Waals surface area contributed by atoms with Crippen LogP contribution in [0.2, 0.25) is 0 Å². The van der Waals surface area contributed by atoms with Crippen molar-refractivity contribution in [3.8, 4) is 11.5 Å². The number of unbranched alkanes of at least 4 members (excludes halogenated alkanes) is 1. The van der Waals surface area contributed by atoms with Crippen LogP contribution in [0.15, 0.2) is 12.1 Å². The maximum absolute atomic E-state index is 6.22. The monoisotopic (exact) mass is 406 g/mol. The van der Waals surface area contributed by atoms with Gasteiger partial charge in [-0.2, -0.15) is 0 Å². The van der Waals surface area contributed by atoms with Crippen LogP contribution in [0, 0.1) is 0 Å². The highest BCUT2D eigenvalue weighted by Gasteiger charge is 2.14. The number of methoxy groups -OCH3 is 1. The molecule has 20 heavy (non-hydrogen) atoms. The molecule has 0 saturated carbocycles. The van der Waals surface area contributed by atoms with E-state index in [0.717, 1.165) is 46.1 Å². The van der Waals surface area contributed by atoms with Crippen molar-refractivity contribution in [3.63, 3.8) is 0 Å². The van der Waals surface area contributed by atoms with Crippen molar-refractivity contribution in [3.05, 3.63) is 23.3 Å². The Balaban J connectivity index is 2.96. The lowest BCUT2D eigenvalue weighted by molar-refractivity contribution is 0.182. The van der Waals surface area contributed by atoms with E-state index in [4.69, 9.17) is 9.47 Å². The zero-order chi connectivity index (χ0) is 15.0. The molecule has 0 fully saturated rings. The fraction of sp³-hybridized carbons (Fsp3) is 0.625. The second-order valence-electron chi connectivity index (χ2n) is 4.83. The number of benzene rings is 1. The van der Waals surface area contributed by atoms with Gasteiger partial charge in [-0.1, -0.05) is 58.5 Å². The van der Waals surface area contributed by atoms with Gasteiger partial charge in [0.1, 0.15) is 11.5 Å². The molecular weight excluding hydrogens is 384 g/mol. The minimum Gasteiger partial charge on any atom is -0.496 e. The molecule has 1 rings (SSSR count). The zero-order valence-corrected chi connectivity index (χ0v) is 15.7. The van der Waals surface area contributed by atoms with E-state index in [9.17, 15) is 0 Å². The normalized spacial score (nSPS) is 12.2. The molecule has 0 aliphatic carbocycles. The summed E-state index contributed by atoms with van der Waals surface area (Å²) in [6.45, 7) is 4.40. The van der Waals surface area contributed by atoms with Gasteiger partial charge in [0.05, 0.1) is 13.2 Å². The maximum Gasteiger partial charge on any atom is 0.124 e. The molecular formula is C16H24Br2O2. The number of ether oxygens (including phenoxy) is 2. The molecule has 1 atom stereocenters. The summed E-state index contributed by atoms with van der Waals surface area (Å²) in [6.07, 6.45) is 4.87. The number of halogens is 2. The van der Waals surface area contributed by atoms with E-state index in [-0.39, 0.29) is 0 Å². The van der Waals surface area contributed by atoms with Gasteiger partial charge in [0, 0.05) is 21.8 Å². The third kappa shape index (κ3) is 4.96. The smallest absolute Gasteiger partial charge is 0.124 e. The summed E-state index contributed by atoms with van der Waals surface area (Å²) in [5.74, 6) is 1.88. The predicted octanol–water partition coefficient (Wildman–Crippen LogP) is 5.83. The molecule has 0 aromatic heterocycles. The zero-order valence-electron chi connectivity index (χ0n) is 12.5. The molecule has 1 aromatic carbocycles. The van der Waals surface area contributed by atoms with E-state index < -0.39 is 0 Å². The number of alkyl halides is 2. The quantitative estimate of drug-likeness (QED) is 0.479. The molecule has 0 heterocycles. The van der Waals surface area contributed by atoms with Crippen LogP contribution >= 0.6 is 31.9 Å². The summed E-state index contributed by atoms with van der Waals surface area (Å²) >= 11 is 7.04. The van der Waals surface area contributed by atoms with Crippen molar-refractivity contribution in [2.24, 2.45) is 0 Å². The summed E-state index contributed by atoms with van der Waals surface area (Å²) < 4.78 is 11.6. The highest BCUT2D eigenvalue weighted by Crippen LogP contribution is 2.33. The van der Waals surface area contributed by atoms with Gasteiger partial charge in [0.15, 0.2) is 0 Å². The maximum atomic E-state index is 6.22. The first-order valence-electron chi connectivity index (χ1n) is 7.18. The van der Waals surface area contributed by atoms with Gasteiger partial charge in [0.2, 0.25) is 0 Å². The van der Waals surface area contributed by atoms with Crippen LogP contribution in [0.4, 0.5) is 0 Å². The Kier molecular flexibility index (Phi) is 8.62. The van der Waals surface area contributed by atoms with Gasteiger partial charge >= 0.3 is 0 Å². The van der Waals surface area contributed by atoms with Crippen molar-refractivity contribution in [2.45, 2.75) is 56.3 Å². The molecule has 4 heteroatoms. The molecule has 114 valence electrons. The molecule has 0 N–H and O–H groups in total. The summed E-state index contributed by atoms with van der Waals surface area (Å²) in [5, 5.41) is 1.53. The standard InChI is InChI=1S/C16H24Br2O2/c1-4-6-7-14(5-2)20-16-9-12(10-17)15(19-3)8-13(16)11-18/h8-9,14H,4-7,10-11H2,1-3H3. The van der Waals surface area contributed by atoms with Crippen LogP contribution < -0.4 is 9.47 Å². The Morgan fingerprint density at radius 2 is 1.65 bits per heavy atom. The average Bonchev–Trinajstić information content (AvgIpc) is 2.50. The Hall–Kier alpha value is -0.220. The minimum absolute atomic E-state index is 0.296. The summed E-state index contributed by atoms with van der Waals surface area (Å²) in [7, 11) is 1.70. The van der Waals surface area contributed by atoms with Gasteiger partial charge in [-0.05, 0) is 25.0 Å². The molecule has 0 saturated heterocycles. The lowest BCUT2D eigenvalue weighted by Crippen LogP contribution is -2.16. The molecule has 0 aliphatic rings. The Morgan fingerprint density at radius 3 is 2.15 bits per heavy atom. The van der Waals surface area contributed by atoms with Gasteiger partial charge in [-0.25, -0.2) is 0 Å². The lowest BCUT2D eigenvalue weighted by atomic mass is 10.1. The molecule has 0 radical (unpaired) electrons.